The first-order valence-corrected chi connectivity index (χ1v) is 4.66. The van der Waals surface area contributed by atoms with E-state index in [1.807, 2.05) is 0 Å². The zero-order valence-corrected chi connectivity index (χ0v) is 8.46. The smallest absolute Gasteiger partial charge is 0.409 e. The Kier molecular flexibility index (Phi) is 4.25. The lowest BCUT2D eigenvalue weighted by Gasteiger charge is -2.40. The van der Waals surface area contributed by atoms with Gasteiger partial charge in [0.2, 0.25) is 0 Å². The number of carbonyl (C=O) groups is 1. The lowest BCUT2D eigenvalue weighted by atomic mass is 10.4. The minimum absolute atomic E-state index is 0.00247. The lowest BCUT2D eigenvalue weighted by molar-refractivity contribution is -0.0200. The average molecular weight is 217 g/mol. The van der Waals surface area contributed by atoms with Crippen LogP contribution in [0, 0.1) is 10.1 Å². The Balaban J connectivity index is 2.35. The summed E-state index contributed by atoms with van der Waals surface area (Å²) in [6.45, 7) is 3.33. The lowest BCUT2D eigenvalue weighted by Crippen LogP contribution is -2.52. The molecule has 0 bridgehead atoms. The van der Waals surface area contributed by atoms with Crippen LogP contribution in [0.3, 0.4) is 0 Å². The van der Waals surface area contributed by atoms with Crippen LogP contribution in [-0.2, 0) is 4.74 Å². The number of nitroso groups, excluding NO2 is 1. The average Bonchev–Trinajstić information content (AvgIpc) is 2.28. The third-order valence-electron chi connectivity index (χ3n) is 2.09. The molecule has 1 heterocycles. The van der Waals surface area contributed by atoms with Gasteiger partial charge in [-0.15, -0.1) is 4.91 Å². The Bertz CT molecular complexity index is 229. The molecule has 0 N–H and O–H groups in total. The van der Waals surface area contributed by atoms with Crippen molar-refractivity contribution >= 4 is 6.09 Å². The van der Waals surface area contributed by atoms with Crippen LogP contribution in [0.25, 0.3) is 0 Å². The summed E-state index contributed by atoms with van der Waals surface area (Å²) in [5.74, 6) is 0. The van der Waals surface area contributed by atoms with Crippen LogP contribution in [0.4, 0.5) is 4.79 Å². The molecule has 0 atom stereocenters. The van der Waals surface area contributed by atoms with Gasteiger partial charge in [-0.1, -0.05) is 0 Å². The topological polar surface area (TPSA) is 88.5 Å². The van der Waals surface area contributed by atoms with Gasteiger partial charge in [-0.05, 0) is 6.92 Å². The van der Waals surface area contributed by atoms with Crippen LogP contribution < -0.4 is 0 Å². The molecule has 1 saturated heterocycles. The second-order valence-corrected chi connectivity index (χ2v) is 2.97. The first-order chi connectivity index (χ1) is 7.19. The Morgan fingerprint density at radius 1 is 1.47 bits per heavy atom. The van der Waals surface area contributed by atoms with E-state index in [2.05, 4.69) is 5.29 Å². The molecule has 0 aromatic rings. The third kappa shape index (κ3) is 3.03. The van der Waals surface area contributed by atoms with Crippen molar-refractivity contribution in [3.8, 4) is 0 Å². The number of carbonyl (C=O) groups excluding carboxylic acids is 1. The molecule has 1 aliphatic rings. The second-order valence-electron chi connectivity index (χ2n) is 2.97. The predicted octanol–water partition coefficient (Wildman–Crippen LogP) is 0.157. The van der Waals surface area contributed by atoms with Crippen molar-refractivity contribution in [3.63, 3.8) is 0 Å². The fourth-order valence-corrected chi connectivity index (χ4v) is 1.32. The Hall–Kier alpha value is -1.41. The minimum Gasteiger partial charge on any atom is -0.724 e. The molecule has 1 aliphatic heterocycles. The summed E-state index contributed by atoms with van der Waals surface area (Å²) >= 11 is 0. The number of rotatable bonds is 3. The summed E-state index contributed by atoms with van der Waals surface area (Å²) in [6.07, 6.45) is -0.395. The van der Waals surface area contributed by atoms with Crippen LogP contribution in [0.5, 0.6) is 0 Å². The van der Waals surface area contributed by atoms with Crippen LogP contribution in [0.15, 0.2) is 5.29 Å². The molecule has 0 saturated carbocycles. The summed E-state index contributed by atoms with van der Waals surface area (Å²) in [4.78, 5) is 22.7. The van der Waals surface area contributed by atoms with Gasteiger partial charge < -0.3 is 14.8 Å². The van der Waals surface area contributed by atoms with E-state index >= 15 is 0 Å². The van der Waals surface area contributed by atoms with Crippen LogP contribution in [0.1, 0.15) is 6.92 Å². The van der Waals surface area contributed by atoms with Gasteiger partial charge in [0.25, 0.3) is 0 Å². The highest BCUT2D eigenvalue weighted by Gasteiger charge is 2.22. The quantitative estimate of drug-likeness (QED) is 0.494. The zero-order valence-electron chi connectivity index (χ0n) is 8.46. The maximum atomic E-state index is 11.3. The monoisotopic (exact) mass is 217 g/mol. The number of hydrogen-bond acceptors (Lipinski definition) is 6. The first-order valence-electron chi connectivity index (χ1n) is 4.66. The summed E-state index contributed by atoms with van der Waals surface area (Å²) < 4.78 is 4.79. The molecule has 1 rings (SSSR count). The molecule has 0 spiro atoms. The third-order valence-corrected chi connectivity index (χ3v) is 2.09. The Labute approximate surface area is 86.9 Å². The largest absolute Gasteiger partial charge is 0.724 e. The van der Waals surface area contributed by atoms with E-state index in [0.717, 1.165) is 0 Å². The summed E-state index contributed by atoms with van der Waals surface area (Å²) in [6, 6.07) is 0. The fraction of sp³-hybridized carbons (Fsp3) is 0.857. The maximum absolute atomic E-state index is 11.3. The summed E-state index contributed by atoms with van der Waals surface area (Å²) in [5.41, 5.74) is 0. The minimum atomic E-state index is -0.395. The van der Waals surface area contributed by atoms with Gasteiger partial charge in [0.05, 0.1) is 11.9 Å². The highest BCUT2D eigenvalue weighted by atomic mass is 16.6. The van der Waals surface area contributed by atoms with E-state index in [1.54, 1.807) is 6.92 Å². The SMILES string of the molecule is CCOC(=O)N1CCN(N([O-])N=O)CC1. The molecule has 8 heteroatoms. The number of nitrogens with zero attached hydrogens (tertiary/aromatic N) is 4. The van der Waals surface area contributed by atoms with Gasteiger partial charge in [-0.25, -0.2) is 9.80 Å². The van der Waals surface area contributed by atoms with E-state index in [9.17, 15) is 14.9 Å². The van der Waals surface area contributed by atoms with Crippen LogP contribution in [-0.4, -0.2) is 54.1 Å². The number of piperazine rings is 1. The van der Waals surface area contributed by atoms with Crippen molar-refractivity contribution in [2.24, 2.45) is 5.29 Å². The highest BCUT2D eigenvalue weighted by molar-refractivity contribution is 5.67. The molecule has 0 radical (unpaired) electrons. The Morgan fingerprint density at radius 3 is 2.53 bits per heavy atom. The van der Waals surface area contributed by atoms with Crippen molar-refractivity contribution in [3.05, 3.63) is 10.1 Å². The van der Waals surface area contributed by atoms with E-state index in [-0.39, 0.29) is 18.4 Å². The summed E-state index contributed by atoms with van der Waals surface area (Å²) in [5, 5.41) is 14.3. The Morgan fingerprint density at radius 2 is 2.07 bits per heavy atom. The number of ether oxygens (including phenoxy) is 1. The number of hydrogen-bond donors (Lipinski definition) is 0. The summed E-state index contributed by atoms with van der Waals surface area (Å²) in [7, 11) is 0. The van der Waals surface area contributed by atoms with Gasteiger partial charge in [0, 0.05) is 26.2 Å². The number of hydrazine groups is 1. The van der Waals surface area contributed by atoms with Crippen molar-refractivity contribution < 1.29 is 9.53 Å². The molecule has 1 amide bonds. The van der Waals surface area contributed by atoms with Crippen molar-refractivity contribution in [2.45, 2.75) is 6.92 Å². The zero-order chi connectivity index (χ0) is 11.3. The first kappa shape index (κ1) is 11.7. The maximum Gasteiger partial charge on any atom is 0.409 e. The fourth-order valence-electron chi connectivity index (χ4n) is 1.32. The second kappa shape index (κ2) is 5.47. The molecule has 0 unspecified atom stereocenters. The van der Waals surface area contributed by atoms with Gasteiger partial charge in [-0.3, -0.25) is 5.28 Å². The van der Waals surface area contributed by atoms with Crippen LogP contribution >= 0.6 is 0 Å². The molecule has 0 aliphatic carbocycles. The standard InChI is InChI=1S/C7H13N4O4/c1-2-15-7(12)9-3-5-10(6-4-9)11(14)8-13/h2-6H2,1H3/q-1. The molecular formula is C7H13N4O4-. The molecule has 0 aromatic carbocycles. The van der Waals surface area contributed by atoms with Gasteiger partial charge in [-0.2, -0.15) is 0 Å². The molecule has 1 fully saturated rings. The van der Waals surface area contributed by atoms with Crippen molar-refractivity contribution in [2.75, 3.05) is 32.8 Å². The highest BCUT2D eigenvalue weighted by Crippen LogP contribution is 2.06. The van der Waals surface area contributed by atoms with Crippen molar-refractivity contribution in [1.82, 2.24) is 15.2 Å². The van der Waals surface area contributed by atoms with E-state index in [4.69, 9.17) is 4.74 Å². The molecule has 8 nitrogen and oxygen atoms in total. The van der Waals surface area contributed by atoms with E-state index < -0.39 is 6.09 Å². The van der Waals surface area contributed by atoms with E-state index in [0.29, 0.717) is 19.7 Å². The number of amides is 1. The van der Waals surface area contributed by atoms with Gasteiger partial charge in [0.15, 0.2) is 0 Å². The van der Waals surface area contributed by atoms with Gasteiger partial charge in [0.1, 0.15) is 0 Å². The molecular weight excluding hydrogens is 204 g/mol. The molecule has 86 valence electrons. The molecule has 0 aromatic heterocycles. The normalized spacial score (nSPS) is 17.3. The molecule has 15 heavy (non-hydrogen) atoms. The predicted molar refractivity (Wildman–Crippen MR) is 51.2 cm³/mol. The van der Waals surface area contributed by atoms with Crippen LogP contribution in [0.2, 0.25) is 0 Å². The van der Waals surface area contributed by atoms with E-state index in [1.165, 1.54) is 9.91 Å². The van der Waals surface area contributed by atoms with Gasteiger partial charge >= 0.3 is 6.09 Å². The van der Waals surface area contributed by atoms with Crippen molar-refractivity contribution in [1.29, 1.82) is 0 Å².